The summed E-state index contributed by atoms with van der Waals surface area (Å²) in [6.07, 6.45) is 5.00. The van der Waals surface area contributed by atoms with Crippen molar-refractivity contribution in [3.8, 4) is 0 Å². The van der Waals surface area contributed by atoms with Gasteiger partial charge in [0.15, 0.2) is 15.8 Å². The van der Waals surface area contributed by atoms with Crippen LogP contribution in [0.3, 0.4) is 0 Å². The first-order chi connectivity index (χ1) is 12.5. The zero-order valence-electron chi connectivity index (χ0n) is 15.2. The summed E-state index contributed by atoms with van der Waals surface area (Å²) in [5.41, 5.74) is 1.23. The largest absolute Gasteiger partial charge is 0.355 e. The third-order valence-corrected chi connectivity index (χ3v) is 6.38. The molecule has 1 aliphatic rings. The highest BCUT2D eigenvalue weighted by molar-refractivity contribution is 7.91. The number of guanidine groups is 1. The Labute approximate surface area is 154 Å². The summed E-state index contributed by atoms with van der Waals surface area (Å²) in [5.74, 6) is 1.21. The van der Waals surface area contributed by atoms with Crippen LogP contribution in [-0.2, 0) is 16.9 Å². The number of benzene rings is 1. The minimum absolute atomic E-state index is 0.0376. The first kappa shape index (κ1) is 18.4. The quantitative estimate of drug-likeness (QED) is 0.629. The van der Waals surface area contributed by atoms with Crippen LogP contribution in [-0.4, -0.2) is 61.5 Å². The number of nitrogens with zero attached hydrogens (tertiary/aromatic N) is 4. The van der Waals surface area contributed by atoms with E-state index in [0.29, 0.717) is 17.4 Å². The molecule has 1 unspecified atom stereocenters. The van der Waals surface area contributed by atoms with E-state index in [4.69, 9.17) is 0 Å². The van der Waals surface area contributed by atoms with Gasteiger partial charge in [-0.1, -0.05) is 18.2 Å². The first-order valence-corrected chi connectivity index (χ1v) is 10.4. The minimum atomic E-state index is -3.29. The molecule has 8 heteroatoms. The molecule has 0 spiro atoms. The van der Waals surface area contributed by atoms with E-state index in [2.05, 4.69) is 26.5 Å². The number of aromatic nitrogens is 2. The minimum Gasteiger partial charge on any atom is -0.355 e. The fourth-order valence-corrected chi connectivity index (χ4v) is 4.43. The maximum atomic E-state index is 12.4. The maximum absolute atomic E-state index is 12.4. The molecule has 3 rings (SSSR count). The highest BCUT2D eigenvalue weighted by Crippen LogP contribution is 2.26. The Morgan fingerprint density at radius 1 is 1.35 bits per heavy atom. The third-order valence-electron chi connectivity index (χ3n) is 4.65. The van der Waals surface area contributed by atoms with Crippen LogP contribution in [0.5, 0.6) is 0 Å². The van der Waals surface area contributed by atoms with Crippen molar-refractivity contribution in [2.45, 2.75) is 17.2 Å². The van der Waals surface area contributed by atoms with Crippen molar-refractivity contribution in [1.29, 1.82) is 0 Å². The van der Waals surface area contributed by atoms with E-state index in [0.717, 1.165) is 25.5 Å². The fourth-order valence-electron chi connectivity index (χ4n) is 3.25. The molecule has 7 nitrogen and oxygen atoms in total. The Morgan fingerprint density at radius 2 is 2.12 bits per heavy atom. The van der Waals surface area contributed by atoms with Gasteiger partial charge in [-0.15, -0.1) is 0 Å². The molecule has 1 aromatic carbocycles. The van der Waals surface area contributed by atoms with E-state index in [-0.39, 0.29) is 5.75 Å². The molecule has 0 aliphatic carbocycles. The lowest BCUT2D eigenvalue weighted by Crippen LogP contribution is -2.41. The van der Waals surface area contributed by atoms with Crippen LogP contribution in [0.1, 0.15) is 17.9 Å². The SMILES string of the molecule is CN=C(NCCS(=O)(=O)c1ccccc1)N1CCC(c2cnn(C)c2)C1. The lowest BCUT2D eigenvalue weighted by atomic mass is 10.0. The van der Waals surface area contributed by atoms with Crippen LogP contribution < -0.4 is 5.32 Å². The van der Waals surface area contributed by atoms with Crippen molar-refractivity contribution in [3.05, 3.63) is 48.3 Å². The molecule has 1 aliphatic heterocycles. The van der Waals surface area contributed by atoms with Gasteiger partial charge in [-0.05, 0) is 24.1 Å². The average Bonchev–Trinajstić information content (AvgIpc) is 3.28. The zero-order valence-corrected chi connectivity index (χ0v) is 16.0. The van der Waals surface area contributed by atoms with Crippen molar-refractivity contribution in [1.82, 2.24) is 20.0 Å². The Bertz CT molecular complexity index is 861. The lowest BCUT2D eigenvalue weighted by Gasteiger charge is -2.21. The molecule has 1 atom stereocenters. The molecular weight excluding hydrogens is 350 g/mol. The molecule has 1 N–H and O–H groups in total. The molecule has 0 amide bonds. The second kappa shape index (κ2) is 7.90. The van der Waals surface area contributed by atoms with Crippen LogP contribution in [0.25, 0.3) is 0 Å². The summed E-state index contributed by atoms with van der Waals surface area (Å²) in [7, 11) is 0.362. The molecule has 1 fully saturated rings. The smallest absolute Gasteiger partial charge is 0.193 e. The predicted octanol–water partition coefficient (Wildman–Crippen LogP) is 1.26. The van der Waals surface area contributed by atoms with Crippen molar-refractivity contribution in [2.75, 3.05) is 32.4 Å². The Kier molecular flexibility index (Phi) is 5.61. The lowest BCUT2D eigenvalue weighted by molar-refractivity contribution is 0.488. The van der Waals surface area contributed by atoms with Gasteiger partial charge in [-0.25, -0.2) is 8.42 Å². The third kappa shape index (κ3) is 4.24. The van der Waals surface area contributed by atoms with Gasteiger partial charge in [0.2, 0.25) is 0 Å². The van der Waals surface area contributed by atoms with Crippen LogP contribution in [0.4, 0.5) is 0 Å². The Balaban J connectivity index is 1.54. The predicted molar refractivity (Wildman–Crippen MR) is 102 cm³/mol. The van der Waals surface area contributed by atoms with Gasteiger partial charge in [-0.2, -0.15) is 5.10 Å². The van der Waals surface area contributed by atoms with Crippen LogP contribution >= 0.6 is 0 Å². The van der Waals surface area contributed by atoms with E-state index in [1.165, 1.54) is 5.56 Å². The van der Waals surface area contributed by atoms with Gasteiger partial charge in [0.25, 0.3) is 0 Å². The summed E-state index contributed by atoms with van der Waals surface area (Å²) in [5, 5.41) is 7.43. The van der Waals surface area contributed by atoms with E-state index >= 15 is 0 Å². The normalized spacial score (nSPS) is 18.3. The molecule has 140 valence electrons. The van der Waals surface area contributed by atoms with Gasteiger partial charge < -0.3 is 10.2 Å². The van der Waals surface area contributed by atoms with Crippen LogP contribution in [0, 0.1) is 0 Å². The number of rotatable bonds is 5. The van der Waals surface area contributed by atoms with Gasteiger partial charge >= 0.3 is 0 Å². The van der Waals surface area contributed by atoms with Crippen molar-refractivity contribution >= 4 is 15.8 Å². The molecule has 0 bridgehead atoms. The number of aryl methyl sites for hydroxylation is 1. The van der Waals surface area contributed by atoms with Crippen LogP contribution in [0.2, 0.25) is 0 Å². The average molecular weight is 375 g/mol. The second-order valence-corrected chi connectivity index (χ2v) is 8.59. The van der Waals surface area contributed by atoms with E-state index in [1.807, 2.05) is 24.0 Å². The van der Waals surface area contributed by atoms with Gasteiger partial charge in [0.1, 0.15) is 0 Å². The molecule has 26 heavy (non-hydrogen) atoms. The number of aliphatic imine (C=N–C) groups is 1. The van der Waals surface area contributed by atoms with Crippen LogP contribution in [0.15, 0.2) is 52.6 Å². The van der Waals surface area contributed by atoms with E-state index in [1.54, 1.807) is 31.3 Å². The molecule has 1 saturated heterocycles. The number of likely N-dealkylation sites (tertiary alicyclic amines) is 1. The van der Waals surface area contributed by atoms with Crippen molar-refractivity contribution in [2.24, 2.45) is 12.0 Å². The second-order valence-electron chi connectivity index (χ2n) is 6.48. The van der Waals surface area contributed by atoms with Gasteiger partial charge in [0, 0.05) is 45.8 Å². The number of nitrogens with one attached hydrogen (secondary N) is 1. The summed E-state index contributed by atoms with van der Waals surface area (Å²) >= 11 is 0. The highest BCUT2D eigenvalue weighted by atomic mass is 32.2. The Morgan fingerprint density at radius 3 is 2.77 bits per heavy atom. The fraction of sp³-hybridized carbons (Fsp3) is 0.444. The van der Waals surface area contributed by atoms with E-state index in [9.17, 15) is 8.42 Å². The van der Waals surface area contributed by atoms with E-state index < -0.39 is 9.84 Å². The molecule has 2 heterocycles. The maximum Gasteiger partial charge on any atom is 0.193 e. The molecule has 2 aromatic rings. The number of sulfone groups is 1. The highest BCUT2D eigenvalue weighted by Gasteiger charge is 2.27. The molecular formula is C18H25N5O2S. The molecule has 1 aromatic heterocycles. The topological polar surface area (TPSA) is 79.6 Å². The van der Waals surface area contributed by atoms with Gasteiger partial charge in [-0.3, -0.25) is 9.67 Å². The summed E-state index contributed by atoms with van der Waals surface area (Å²) in [6.45, 7) is 2.08. The number of hydrogen-bond acceptors (Lipinski definition) is 4. The standard InChI is InChI=1S/C18H25N5O2S/c1-19-18(20-9-11-26(24,25)17-6-4-3-5-7-17)23-10-8-15(14-23)16-12-21-22(2)13-16/h3-7,12-13,15H,8-11,14H2,1-2H3,(H,19,20). The van der Waals surface area contributed by atoms with Crippen molar-refractivity contribution in [3.63, 3.8) is 0 Å². The monoisotopic (exact) mass is 375 g/mol. The summed E-state index contributed by atoms with van der Waals surface area (Å²) in [4.78, 5) is 6.84. The summed E-state index contributed by atoms with van der Waals surface area (Å²) in [6, 6.07) is 8.54. The first-order valence-electron chi connectivity index (χ1n) is 8.71. The Hall–Kier alpha value is -2.35. The summed E-state index contributed by atoms with van der Waals surface area (Å²) < 4.78 is 26.5. The van der Waals surface area contributed by atoms with Gasteiger partial charge in [0.05, 0.1) is 16.8 Å². The zero-order chi connectivity index (χ0) is 18.6. The number of hydrogen-bond donors (Lipinski definition) is 1. The van der Waals surface area contributed by atoms with Crippen molar-refractivity contribution < 1.29 is 8.42 Å². The molecule has 0 saturated carbocycles. The molecule has 0 radical (unpaired) electrons.